The van der Waals surface area contributed by atoms with E-state index in [1.165, 1.54) is 0 Å². The zero-order valence-corrected chi connectivity index (χ0v) is 16.3. The van der Waals surface area contributed by atoms with Crippen molar-refractivity contribution in [3.05, 3.63) is 63.7 Å². The lowest BCUT2D eigenvalue weighted by Crippen LogP contribution is -2.52. The van der Waals surface area contributed by atoms with Crippen LogP contribution in [0.25, 0.3) is 0 Å². The number of ketones is 1. The molecule has 0 bridgehead atoms. The Balaban J connectivity index is 1.50. The zero-order valence-electron chi connectivity index (χ0n) is 15.5. The van der Waals surface area contributed by atoms with Gasteiger partial charge in [-0.15, -0.1) is 0 Å². The van der Waals surface area contributed by atoms with Gasteiger partial charge in [0.2, 0.25) is 0 Å². The Labute approximate surface area is 164 Å². The second-order valence-electron chi connectivity index (χ2n) is 7.64. The Morgan fingerprint density at radius 1 is 1.11 bits per heavy atom. The van der Waals surface area contributed by atoms with Crippen molar-refractivity contribution in [3.63, 3.8) is 0 Å². The summed E-state index contributed by atoms with van der Waals surface area (Å²) in [5.41, 5.74) is 2.77. The lowest BCUT2D eigenvalue weighted by molar-refractivity contribution is -0.00573. The highest BCUT2D eigenvalue weighted by Crippen LogP contribution is 2.41. The molecule has 2 aliphatic rings. The molecule has 0 aliphatic carbocycles. The molecule has 2 heterocycles. The van der Waals surface area contributed by atoms with Crippen LogP contribution in [0.5, 0.6) is 5.75 Å². The number of carbonyl (C=O) groups excluding carboxylic acids is 2. The van der Waals surface area contributed by atoms with Crippen LogP contribution < -0.4 is 4.74 Å². The fraction of sp³-hybridized carbons (Fsp3) is 0.364. The largest absolute Gasteiger partial charge is 0.486 e. The van der Waals surface area contributed by atoms with Gasteiger partial charge in [0, 0.05) is 36.5 Å². The van der Waals surface area contributed by atoms with Crippen LogP contribution >= 0.6 is 11.6 Å². The molecular weight excluding hydrogens is 362 g/mol. The third-order valence-electron chi connectivity index (χ3n) is 5.63. The van der Waals surface area contributed by atoms with E-state index in [1.54, 1.807) is 6.07 Å². The molecule has 1 saturated heterocycles. The van der Waals surface area contributed by atoms with Gasteiger partial charge < -0.3 is 9.64 Å². The first kappa shape index (κ1) is 18.1. The maximum absolute atomic E-state index is 12.7. The molecule has 27 heavy (non-hydrogen) atoms. The van der Waals surface area contributed by atoms with Crippen LogP contribution in [0.4, 0.5) is 0 Å². The van der Waals surface area contributed by atoms with E-state index >= 15 is 0 Å². The van der Waals surface area contributed by atoms with Gasteiger partial charge in [-0.3, -0.25) is 9.59 Å². The molecule has 2 aliphatic heterocycles. The van der Waals surface area contributed by atoms with E-state index < -0.39 is 5.60 Å². The predicted octanol–water partition coefficient (Wildman–Crippen LogP) is 4.60. The molecule has 4 nitrogen and oxygen atoms in total. The summed E-state index contributed by atoms with van der Waals surface area (Å²) in [6.07, 6.45) is 1.64. The molecule has 0 atom stereocenters. The number of likely N-dealkylation sites (tertiary alicyclic amines) is 1. The first-order valence-corrected chi connectivity index (χ1v) is 9.63. The van der Waals surface area contributed by atoms with Gasteiger partial charge in [0.1, 0.15) is 11.4 Å². The molecule has 0 N–H and O–H groups in total. The smallest absolute Gasteiger partial charge is 0.253 e. The van der Waals surface area contributed by atoms with Crippen molar-refractivity contribution in [2.45, 2.75) is 38.7 Å². The fourth-order valence-corrected chi connectivity index (χ4v) is 4.05. The number of fused-ring (bicyclic) bond motifs is 1. The summed E-state index contributed by atoms with van der Waals surface area (Å²) in [5, 5.41) is 0.583. The van der Waals surface area contributed by atoms with E-state index in [9.17, 15) is 9.59 Å². The van der Waals surface area contributed by atoms with Gasteiger partial charge in [0.15, 0.2) is 5.78 Å². The molecule has 0 radical (unpaired) electrons. The van der Waals surface area contributed by atoms with Crippen LogP contribution in [-0.2, 0) is 0 Å². The van der Waals surface area contributed by atoms with E-state index in [0.29, 0.717) is 54.3 Å². The van der Waals surface area contributed by atoms with Crippen LogP contribution in [0.3, 0.4) is 0 Å². The molecule has 1 fully saturated rings. The number of piperidine rings is 1. The van der Waals surface area contributed by atoms with Crippen LogP contribution in [0.2, 0.25) is 5.02 Å². The minimum absolute atomic E-state index is 0.0370. The SMILES string of the molecule is Cc1ccc(C(=O)N2CCC3(CC2)CC(=O)c2cc(Cl)c(C)cc2O3)cc1. The highest BCUT2D eigenvalue weighted by atomic mass is 35.5. The molecule has 140 valence electrons. The number of ether oxygens (including phenoxy) is 1. The van der Waals surface area contributed by atoms with Crippen molar-refractivity contribution in [2.75, 3.05) is 13.1 Å². The van der Waals surface area contributed by atoms with Gasteiger partial charge >= 0.3 is 0 Å². The van der Waals surface area contributed by atoms with Crippen molar-refractivity contribution in [2.24, 2.45) is 0 Å². The second-order valence-corrected chi connectivity index (χ2v) is 8.05. The number of hydrogen-bond acceptors (Lipinski definition) is 3. The lowest BCUT2D eigenvalue weighted by atomic mass is 9.82. The van der Waals surface area contributed by atoms with Gasteiger partial charge in [-0.05, 0) is 43.7 Å². The maximum atomic E-state index is 12.7. The molecule has 0 aromatic heterocycles. The lowest BCUT2D eigenvalue weighted by Gasteiger charge is -2.44. The summed E-state index contributed by atoms with van der Waals surface area (Å²) in [7, 11) is 0. The highest BCUT2D eigenvalue weighted by molar-refractivity contribution is 6.31. The average Bonchev–Trinajstić information content (AvgIpc) is 2.64. The molecule has 1 spiro atoms. The van der Waals surface area contributed by atoms with Gasteiger partial charge in [0.05, 0.1) is 12.0 Å². The van der Waals surface area contributed by atoms with Crippen LogP contribution in [0.1, 0.15) is 51.1 Å². The van der Waals surface area contributed by atoms with E-state index in [2.05, 4.69) is 0 Å². The van der Waals surface area contributed by atoms with E-state index in [0.717, 1.165) is 11.1 Å². The molecule has 2 aromatic carbocycles. The number of carbonyl (C=O) groups is 2. The Morgan fingerprint density at radius 3 is 2.44 bits per heavy atom. The molecule has 1 amide bonds. The molecular formula is C22H22ClNO3. The monoisotopic (exact) mass is 383 g/mol. The minimum Gasteiger partial charge on any atom is -0.486 e. The number of rotatable bonds is 1. The second kappa shape index (κ2) is 6.68. The summed E-state index contributed by atoms with van der Waals surface area (Å²) >= 11 is 6.16. The van der Waals surface area contributed by atoms with Gasteiger partial charge in [-0.2, -0.15) is 0 Å². The Kier molecular flexibility index (Phi) is 4.47. The van der Waals surface area contributed by atoms with Crippen LogP contribution in [0.15, 0.2) is 36.4 Å². The third-order valence-corrected chi connectivity index (χ3v) is 6.04. The number of hydrogen-bond donors (Lipinski definition) is 0. The van der Waals surface area contributed by atoms with Crippen molar-refractivity contribution in [1.29, 1.82) is 0 Å². The molecule has 4 rings (SSSR count). The highest BCUT2D eigenvalue weighted by Gasteiger charge is 2.43. The average molecular weight is 384 g/mol. The number of benzene rings is 2. The number of Topliss-reactive ketones (excluding diaryl/α,β-unsaturated/α-hetero) is 1. The van der Waals surface area contributed by atoms with E-state index in [1.807, 2.05) is 49.1 Å². The Morgan fingerprint density at radius 2 is 1.78 bits per heavy atom. The predicted molar refractivity (Wildman–Crippen MR) is 105 cm³/mol. The Hall–Kier alpha value is -2.33. The van der Waals surface area contributed by atoms with Gasteiger partial charge in [0.25, 0.3) is 5.91 Å². The molecule has 0 unspecified atom stereocenters. The van der Waals surface area contributed by atoms with Crippen molar-refractivity contribution >= 4 is 23.3 Å². The van der Waals surface area contributed by atoms with Gasteiger partial charge in [-0.25, -0.2) is 0 Å². The minimum atomic E-state index is -0.519. The summed E-state index contributed by atoms with van der Waals surface area (Å²) in [5.74, 6) is 0.720. The fourth-order valence-electron chi connectivity index (χ4n) is 3.89. The summed E-state index contributed by atoms with van der Waals surface area (Å²) in [6.45, 7) is 5.08. The van der Waals surface area contributed by atoms with Crippen molar-refractivity contribution in [1.82, 2.24) is 4.90 Å². The van der Waals surface area contributed by atoms with Crippen molar-refractivity contribution < 1.29 is 14.3 Å². The number of halogens is 1. The normalized spacial score (nSPS) is 18.2. The molecule has 0 saturated carbocycles. The van der Waals surface area contributed by atoms with Crippen LogP contribution in [0, 0.1) is 13.8 Å². The maximum Gasteiger partial charge on any atom is 0.253 e. The molecule has 2 aromatic rings. The van der Waals surface area contributed by atoms with E-state index in [-0.39, 0.29) is 11.7 Å². The standard InChI is InChI=1S/C22H22ClNO3/c1-14-3-5-16(6-4-14)21(26)24-9-7-22(8-10-24)13-19(25)17-12-18(23)15(2)11-20(17)27-22/h3-6,11-12H,7-10,13H2,1-2H3. The Bertz CT molecular complexity index is 912. The first-order chi connectivity index (χ1) is 12.9. The number of aryl methyl sites for hydroxylation is 2. The zero-order chi connectivity index (χ0) is 19.2. The van der Waals surface area contributed by atoms with E-state index in [4.69, 9.17) is 16.3 Å². The molecule has 5 heteroatoms. The van der Waals surface area contributed by atoms with Gasteiger partial charge in [-0.1, -0.05) is 29.3 Å². The van der Waals surface area contributed by atoms with Crippen molar-refractivity contribution in [3.8, 4) is 5.75 Å². The first-order valence-electron chi connectivity index (χ1n) is 9.25. The summed E-state index contributed by atoms with van der Waals surface area (Å²) in [4.78, 5) is 27.3. The summed E-state index contributed by atoms with van der Waals surface area (Å²) in [6, 6.07) is 11.2. The topological polar surface area (TPSA) is 46.6 Å². The quantitative estimate of drug-likeness (QED) is 0.723. The number of amides is 1. The number of nitrogens with zero attached hydrogens (tertiary/aromatic N) is 1. The third kappa shape index (κ3) is 3.34. The van der Waals surface area contributed by atoms with Crippen LogP contribution in [-0.4, -0.2) is 35.3 Å². The summed E-state index contributed by atoms with van der Waals surface area (Å²) < 4.78 is 6.30.